The van der Waals surface area contributed by atoms with Gasteiger partial charge in [-0.25, -0.2) is 4.98 Å². The summed E-state index contributed by atoms with van der Waals surface area (Å²) in [5.74, 6) is 0.657. The Bertz CT molecular complexity index is 593. The van der Waals surface area contributed by atoms with Crippen molar-refractivity contribution in [2.45, 2.75) is 20.8 Å². The second-order valence-corrected chi connectivity index (χ2v) is 5.02. The van der Waals surface area contributed by atoms with Crippen molar-refractivity contribution in [2.75, 3.05) is 11.9 Å². The van der Waals surface area contributed by atoms with Gasteiger partial charge in [-0.2, -0.15) is 0 Å². The number of anilines is 1. The van der Waals surface area contributed by atoms with E-state index in [9.17, 15) is 4.79 Å². The van der Waals surface area contributed by atoms with Gasteiger partial charge >= 0.3 is 0 Å². The van der Waals surface area contributed by atoms with E-state index in [-0.39, 0.29) is 5.91 Å². The van der Waals surface area contributed by atoms with Crippen LogP contribution in [0.4, 0.5) is 5.13 Å². The van der Waals surface area contributed by atoms with Gasteiger partial charge in [-0.1, -0.05) is 0 Å². The molecule has 5 heteroatoms. The molecular weight excluding hydrogens is 260 g/mol. The Morgan fingerprint density at radius 3 is 2.79 bits per heavy atom. The SMILES string of the molecule is CCOc1ccc(C(=O)Nc2nc(C)cs2)cc1C. The highest BCUT2D eigenvalue weighted by atomic mass is 32.1. The maximum absolute atomic E-state index is 12.1. The Morgan fingerprint density at radius 2 is 2.21 bits per heavy atom. The van der Waals surface area contributed by atoms with Crippen LogP contribution in [0.5, 0.6) is 5.75 Å². The molecule has 1 amide bonds. The molecule has 1 N–H and O–H groups in total. The number of benzene rings is 1. The van der Waals surface area contributed by atoms with Gasteiger partial charge in [-0.15, -0.1) is 11.3 Å². The van der Waals surface area contributed by atoms with E-state index >= 15 is 0 Å². The Kier molecular flexibility index (Phi) is 4.16. The second-order valence-electron chi connectivity index (χ2n) is 4.16. The van der Waals surface area contributed by atoms with E-state index in [1.807, 2.05) is 38.3 Å². The first-order valence-electron chi connectivity index (χ1n) is 6.07. The van der Waals surface area contributed by atoms with Crippen LogP contribution in [0, 0.1) is 13.8 Å². The van der Waals surface area contributed by atoms with Crippen molar-refractivity contribution < 1.29 is 9.53 Å². The molecule has 0 aliphatic rings. The van der Waals surface area contributed by atoms with Crippen LogP contribution < -0.4 is 10.1 Å². The van der Waals surface area contributed by atoms with Crippen LogP contribution in [0.2, 0.25) is 0 Å². The summed E-state index contributed by atoms with van der Waals surface area (Å²) < 4.78 is 5.45. The Hall–Kier alpha value is -1.88. The molecular formula is C14H16N2O2S. The largest absolute Gasteiger partial charge is 0.494 e. The highest BCUT2D eigenvalue weighted by molar-refractivity contribution is 7.13. The molecule has 0 unspecified atom stereocenters. The second kappa shape index (κ2) is 5.84. The predicted octanol–water partition coefficient (Wildman–Crippen LogP) is 3.41. The summed E-state index contributed by atoms with van der Waals surface area (Å²) in [7, 11) is 0. The van der Waals surface area contributed by atoms with E-state index in [1.54, 1.807) is 6.07 Å². The zero-order valence-corrected chi connectivity index (χ0v) is 12.0. The molecule has 100 valence electrons. The minimum atomic E-state index is -0.152. The number of hydrogen-bond acceptors (Lipinski definition) is 4. The standard InChI is InChI=1S/C14H16N2O2S/c1-4-18-12-6-5-11(7-9(12)2)13(17)16-14-15-10(3)8-19-14/h5-8H,4H2,1-3H3,(H,15,16,17). The lowest BCUT2D eigenvalue weighted by molar-refractivity contribution is 0.102. The lowest BCUT2D eigenvalue weighted by Crippen LogP contribution is -2.12. The van der Waals surface area contributed by atoms with Crippen LogP contribution in [0.3, 0.4) is 0 Å². The summed E-state index contributed by atoms with van der Waals surface area (Å²) >= 11 is 1.42. The molecule has 19 heavy (non-hydrogen) atoms. The van der Waals surface area contributed by atoms with Crippen molar-refractivity contribution in [3.63, 3.8) is 0 Å². The summed E-state index contributed by atoms with van der Waals surface area (Å²) in [4.78, 5) is 16.3. The number of aromatic nitrogens is 1. The molecule has 1 aromatic heterocycles. The van der Waals surface area contributed by atoms with E-state index in [2.05, 4.69) is 10.3 Å². The molecule has 0 aliphatic carbocycles. The van der Waals surface area contributed by atoms with Crippen LogP contribution in [0.25, 0.3) is 0 Å². The summed E-state index contributed by atoms with van der Waals surface area (Å²) in [6, 6.07) is 5.40. The molecule has 1 aromatic carbocycles. The molecule has 1 heterocycles. The van der Waals surface area contributed by atoms with E-state index in [0.29, 0.717) is 17.3 Å². The first-order chi connectivity index (χ1) is 9.10. The molecule has 2 rings (SSSR count). The highest BCUT2D eigenvalue weighted by Gasteiger charge is 2.10. The molecule has 0 saturated carbocycles. The molecule has 4 nitrogen and oxygen atoms in total. The predicted molar refractivity (Wildman–Crippen MR) is 77.2 cm³/mol. The van der Waals surface area contributed by atoms with Gasteiger partial charge in [0.15, 0.2) is 5.13 Å². The van der Waals surface area contributed by atoms with Gasteiger partial charge in [0.1, 0.15) is 5.75 Å². The minimum absolute atomic E-state index is 0.152. The molecule has 0 spiro atoms. The van der Waals surface area contributed by atoms with Crippen molar-refractivity contribution in [3.8, 4) is 5.75 Å². The molecule has 0 bridgehead atoms. The quantitative estimate of drug-likeness (QED) is 0.931. The third-order valence-corrected chi connectivity index (χ3v) is 3.45. The number of amides is 1. The number of thiazole rings is 1. The van der Waals surface area contributed by atoms with Crippen molar-refractivity contribution in [1.82, 2.24) is 4.98 Å². The van der Waals surface area contributed by atoms with Gasteiger partial charge in [0.25, 0.3) is 5.91 Å². The number of hydrogen-bond donors (Lipinski definition) is 1. The summed E-state index contributed by atoms with van der Waals surface area (Å²) in [6.07, 6.45) is 0. The van der Waals surface area contributed by atoms with Crippen LogP contribution >= 0.6 is 11.3 Å². The monoisotopic (exact) mass is 276 g/mol. The first kappa shape index (κ1) is 13.5. The van der Waals surface area contributed by atoms with E-state index < -0.39 is 0 Å². The summed E-state index contributed by atoms with van der Waals surface area (Å²) in [5, 5.41) is 5.31. The van der Waals surface area contributed by atoms with Gasteiger partial charge in [0.2, 0.25) is 0 Å². The summed E-state index contributed by atoms with van der Waals surface area (Å²) in [5.41, 5.74) is 2.46. The lowest BCUT2D eigenvalue weighted by Gasteiger charge is -2.08. The van der Waals surface area contributed by atoms with E-state index in [4.69, 9.17) is 4.74 Å². The van der Waals surface area contributed by atoms with Crippen molar-refractivity contribution >= 4 is 22.4 Å². The maximum atomic E-state index is 12.1. The Morgan fingerprint density at radius 1 is 1.42 bits per heavy atom. The zero-order chi connectivity index (χ0) is 13.8. The van der Waals surface area contributed by atoms with Crippen molar-refractivity contribution in [3.05, 3.63) is 40.4 Å². The average molecular weight is 276 g/mol. The zero-order valence-electron chi connectivity index (χ0n) is 11.2. The molecule has 0 aliphatic heterocycles. The number of carbonyl (C=O) groups is 1. The number of nitrogens with one attached hydrogen (secondary N) is 1. The number of carbonyl (C=O) groups excluding carboxylic acids is 1. The van der Waals surface area contributed by atoms with E-state index in [0.717, 1.165) is 17.0 Å². The minimum Gasteiger partial charge on any atom is -0.494 e. The maximum Gasteiger partial charge on any atom is 0.257 e. The third kappa shape index (κ3) is 3.32. The number of nitrogens with zero attached hydrogens (tertiary/aromatic N) is 1. The fourth-order valence-electron chi connectivity index (χ4n) is 1.69. The van der Waals surface area contributed by atoms with Crippen LogP contribution in [0.15, 0.2) is 23.6 Å². The first-order valence-corrected chi connectivity index (χ1v) is 6.95. The smallest absolute Gasteiger partial charge is 0.257 e. The fourth-order valence-corrected chi connectivity index (χ4v) is 2.37. The summed E-state index contributed by atoms with van der Waals surface area (Å²) in [6.45, 7) is 6.37. The number of rotatable bonds is 4. The Labute approximate surface area is 116 Å². The fraction of sp³-hybridized carbons (Fsp3) is 0.286. The average Bonchev–Trinajstić information content (AvgIpc) is 2.77. The molecule has 2 aromatic rings. The van der Waals surface area contributed by atoms with E-state index in [1.165, 1.54) is 11.3 Å². The number of ether oxygens (including phenoxy) is 1. The van der Waals surface area contributed by atoms with Crippen molar-refractivity contribution in [2.24, 2.45) is 0 Å². The van der Waals surface area contributed by atoms with Crippen molar-refractivity contribution in [1.29, 1.82) is 0 Å². The van der Waals surface area contributed by atoms with Crippen LogP contribution in [0.1, 0.15) is 28.5 Å². The van der Waals surface area contributed by atoms with Gasteiger partial charge < -0.3 is 4.74 Å². The molecule has 0 fully saturated rings. The van der Waals surface area contributed by atoms with Crippen LogP contribution in [-0.4, -0.2) is 17.5 Å². The van der Waals surface area contributed by atoms with Gasteiger partial charge in [-0.05, 0) is 44.5 Å². The molecule has 0 saturated heterocycles. The lowest BCUT2D eigenvalue weighted by atomic mass is 10.1. The topological polar surface area (TPSA) is 51.2 Å². The third-order valence-electron chi connectivity index (χ3n) is 2.58. The van der Waals surface area contributed by atoms with Gasteiger partial charge in [0.05, 0.1) is 12.3 Å². The Balaban J connectivity index is 2.13. The van der Waals surface area contributed by atoms with Gasteiger partial charge in [0, 0.05) is 10.9 Å². The highest BCUT2D eigenvalue weighted by Crippen LogP contribution is 2.21. The normalized spacial score (nSPS) is 10.3. The molecule has 0 radical (unpaired) electrons. The van der Waals surface area contributed by atoms with Gasteiger partial charge in [-0.3, -0.25) is 10.1 Å². The molecule has 0 atom stereocenters. The number of aryl methyl sites for hydroxylation is 2. The van der Waals surface area contributed by atoms with Crippen LogP contribution in [-0.2, 0) is 0 Å².